The summed E-state index contributed by atoms with van der Waals surface area (Å²) in [5.74, 6) is 1.97. The van der Waals surface area contributed by atoms with E-state index in [1.54, 1.807) is 37.3 Å². The quantitative estimate of drug-likeness (QED) is 0.546. The van der Waals surface area contributed by atoms with Crippen molar-refractivity contribution in [2.45, 2.75) is 0 Å². The third-order valence-electron chi connectivity index (χ3n) is 5.38. The van der Waals surface area contributed by atoms with Crippen molar-refractivity contribution in [1.29, 1.82) is 0 Å². The molecule has 9 heteroatoms. The Hall–Kier alpha value is -3.03. The van der Waals surface area contributed by atoms with Crippen LogP contribution >= 0.6 is 23.2 Å². The van der Waals surface area contributed by atoms with E-state index in [1.165, 1.54) is 0 Å². The third-order valence-corrected chi connectivity index (χ3v) is 5.93. The van der Waals surface area contributed by atoms with Crippen LogP contribution in [0.4, 0.5) is 5.82 Å². The zero-order valence-corrected chi connectivity index (χ0v) is 19.2. The summed E-state index contributed by atoms with van der Waals surface area (Å²) in [7, 11) is 3.20. The van der Waals surface area contributed by atoms with Gasteiger partial charge in [-0.25, -0.2) is 0 Å². The monoisotopic (exact) mass is 472 g/mol. The Morgan fingerprint density at radius 2 is 1.62 bits per heavy atom. The number of piperazine rings is 1. The molecule has 7 nitrogen and oxygen atoms in total. The molecule has 32 heavy (non-hydrogen) atoms. The predicted octanol–water partition coefficient (Wildman–Crippen LogP) is 4.43. The second-order valence-corrected chi connectivity index (χ2v) is 8.09. The zero-order valence-electron chi connectivity index (χ0n) is 17.7. The van der Waals surface area contributed by atoms with Crippen LogP contribution in [0.5, 0.6) is 11.5 Å². The fourth-order valence-electron chi connectivity index (χ4n) is 3.62. The second kappa shape index (κ2) is 9.63. The Morgan fingerprint density at radius 3 is 2.25 bits per heavy atom. The van der Waals surface area contributed by atoms with Crippen LogP contribution in [0.25, 0.3) is 11.3 Å². The lowest BCUT2D eigenvalue weighted by atomic mass is 10.1. The van der Waals surface area contributed by atoms with Crippen molar-refractivity contribution in [3.63, 3.8) is 0 Å². The normalized spacial score (nSPS) is 13.8. The lowest BCUT2D eigenvalue weighted by Gasteiger charge is -2.35. The summed E-state index contributed by atoms with van der Waals surface area (Å²) < 4.78 is 10.6. The Kier molecular flexibility index (Phi) is 6.67. The van der Waals surface area contributed by atoms with Crippen LogP contribution in [0.3, 0.4) is 0 Å². The lowest BCUT2D eigenvalue weighted by molar-refractivity contribution is 0.0746. The van der Waals surface area contributed by atoms with Crippen LogP contribution in [-0.2, 0) is 0 Å². The van der Waals surface area contributed by atoms with Crippen LogP contribution in [0.15, 0.2) is 48.5 Å². The van der Waals surface area contributed by atoms with Gasteiger partial charge in [0.15, 0.2) is 17.3 Å². The standard InChI is InChI=1S/C23H22Cl2N4O3/c1-31-20-7-3-15(13-21(20)32-2)19-6-8-22(27-26-19)28-9-11-29(12-10-28)23(30)17-5-4-16(24)14-18(17)25/h3-8,13-14H,9-12H2,1-2H3. The van der Waals surface area contributed by atoms with Gasteiger partial charge in [0.25, 0.3) is 5.91 Å². The number of rotatable bonds is 5. The summed E-state index contributed by atoms with van der Waals surface area (Å²) in [4.78, 5) is 16.7. The molecule has 2 aromatic carbocycles. The number of halogens is 2. The van der Waals surface area contributed by atoms with Gasteiger partial charge in [-0.1, -0.05) is 23.2 Å². The fraction of sp³-hybridized carbons (Fsp3) is 0.261. The number of benzene rings is 2. The first-order valence-electron chi connectivity index (χ1n) is 10.1. The van der Waals surface area contributed by atoms with Gasteiger partial charge < -0.3 is 19.3 Å². The molecule has 0 unspecified atom stereocenters. The molecule has 1 saturated heterocycles. The number of nitrogens with zero attached hydrogens (tertiary/aromatic N) is 4. The van der Waals surface area contributed by atoms with Gasteiger partial charge in [0.2, 0.25) is 0 Å². The molecular formula is C23H22Cl2N4O3. The predicted molar refractivity (Wildman–Crippen MR) is 125 cm³/mol. The van der Waals surface area contributed by atoms with Crippen LogP contribution in [0.1, 0.15) is 10.4 Å². The molecule has 1 aliphatic heterocycles. The number of hydrogen-bond acceptors (Lipinski definition) is 6. The third kappa shape index (κ3) is 4.59. The van der Waals surface area contributed by atoms with Crippen molar-refractivity contribution in [3.8, 4) is 22.8 Å². The first-order valence-corrected chi connectivity index (χ1v) is 10.8. The van der Waals surface area contributed by atoms with Crippen molar-refractivity contribution in [2.24, 2.45) is 0 Å². The summed E-state index contributed by atoms with van der Waals surface area (Å²) in [6, 6.07) is 14.4. The smallest absolute Gasteiger partial charge is 0.255 e. The van der Waals surface area contributed by atoms with Crippen LogP contribution in [0.2, 0.25) is 10.0 Å². The highest BCUT2D eigenvalue weighted by Gasteiger charge is 2.24. The van der Waals surface area contributed by atoms with Gasteiger partial charge in [0, 0.05) is 36.8 Å². The first kappa shape index (κ1) is 22.2. The number of carbonyl (C=O) groups is 1. The number of amides is 1. The maximum atomic E-state index is 12.8. The van der Waals surface area contributed by atoms with E-state index in [4.69, 9.17) is 32.7 Å². The number of carbonyl (C=O) groups excluding carboxylic acids is 1. The molecule has 0 N–H and O–H groups in total. The molecule has 1 fully saturated rings. The summed E-state index contributed by atoms with van der Waals surface area (Å²) in [5, 5.41) is 9.64. The van der Waals surface area contributed by atoms with E-state index in [1.807, 2.05) is 30.3 Å². The molecule has 1 aliphatic rings. The van der Waals surface area contributed by atoms with Crippen LogP contribution < -0.4 is 14.4 Å². The number of methoxy groups -OCH3 is 2. The maximum Gasteiger partial charge on any atom is 0.255 e. The summed E-state index contributed by atoms with van der Waals surface area (Å²) >= 11 is 12.1. The van der Waals surface area contributed by atoms with Gasteiger partial charge >= 0.3 is 0 Å². The molecule has 2 heterocycles. The molecule has 1 aromatic heterocycles. The Balaban J connectivity index is 1.41. The fourth-order valence-corrected chi connectivity index (χ4v) is 4.10. The first-order chi connectivity index (χ1) is 15.5. The van der Waals surface area contributed by atoms with Crippen LogP contribution in [-0.4, -0.2) is 61.4 Å². The highest BCUT2D eigenvalue weighted by molar-refractivity contribution is 6.36. The van der Waals surface area contributed by atoms with E-state index in [0.717, 1.165) is 17.1 Å². The van der Waals surface area contributed by atoms with Crippen molar-refractivity contribution in [2.75, 3.05) is 45.3 Å². The van der Waals surface area contributed by atoms with Gasteiger partial charge in [-0.15, -0.1) is 10.2 Å². The molecule has 1 amide bonds. The van der Waals surface area contributed by atoms with Gasteiger partial charge in [-0.05, 0) is 48.5 Å². The van der Waals surface area contributed by atoms with E-state index >= 15 is 0 Å². The van der Waals surface area contributed by atoms with Gasteiger partial charge in [-0.3, -0.25) is 4.79 Å². The van der Waals surface area contributed by atoms with Crippen LogP contribution in [0, 0.1) is 0 Å². The summed E-state index contributed by atoms with van der Waals surface area (Å²) in [6.45, 7) is 2.44. The number of ether oxygens (including phenoxy) is 2. The molecule has 0 bridgehead atoms. The molecule has 0 radical (unpaired) electrons. The number of anilines is 1. The van der Waals surface area contributed by atoms with E-state index < -0.39 is 0 Å². The highest BCUT2D eigenvalue weighted by atomic mass is 35.5. The van der Waals surface area contributed by atoms with Gasteiger partial charge in [0.1, 0.15) is 0 Å². The largest absolute Gasteiger partial charge is 0.493 e. The van der Waals surface area contributed by atoms with Crippen molar-refractivity contribution in [1.82, 2.24) is 15.1 Å². The molecule has 3 aromatic rings. The van der Waals surface area contributed by atoms with E-state index in [0.29, 0.717) is 53.3 Å². The Bertz CT molecular complexity index is 1120. The van der Waals surface area contributed by atoms with Crippen molar-refractivity contribution >= 4 is 34.9 Å². The van der Waals surface area contributed by atoms with Gasteiger partial charge in [0.05, 0.1) is 30.5 Å². The van der Waals surface area contributed by atoms with E-state index in [9.17, 15) is 4.79 Å². The minimum Gasteiger partial charge on any atom is -0.493 e. The van der Waals surface area contributed by atoms with Crippen molar-refractivity contribution < 1.29 is 14.3 Å². The second-order valence-electron chi connectivity index (χ2n) is 7.25. The summed E-state index contributed by atoms with van der Waals surface area (Å²) in [5.41, 5.74) is 2.08. The molecule has 0 atom stereocenters. The average Bonchev–Trinajstić information content (AvgIpc) is 2.83. The summed E-state index contributed by atoms with van der Waals surface area (Å²) in [6.07, 6.45) is 0. The average molecular weight is 473 g/mol. The highest BCUT2D eigenvalue weighted by Crippen LogP contribution is 2.31. The maximum absolute atomic E-state index is 12.8. The SMILES string of the molecule is COc1ccc(-c2ccc(N3CCN(C(=O)c4ccc(Cl)cc4Cl)CC3)nn2)cc1OC. The molecule has 0 spiro atoms. The molecule has 0 aliphatic carbocycles. The Labute approximate surface area is 196 Å². The number of aromatic nitrogens is 2. The van der Waals surface area contributed by atoms with Gasteiger partial charge in [-0.2, -0.15) is 0 Å². The lowest BCUT2D eigenvalue weighted by Crippen LogP contribution is -2.49. The molecular weight excluding hydrogens is 451 g/mol. The molecule has 4 rings (SSSR count). The molecule has 0 saturated carbocycles. The minimum absolute atomic E-state index is 0.0961. The number of hydrogen-bond donors (Lipinski definition) is 0. The zero-order chi connectivity index (χ0) is 22.7. The van der Waals surface area contributed by atoms with Crippen molar-refractivity contribution in [3.05, 3.63) is 64.1 Å². The van der Waals surface area contributed by atoms with E-state index in [-0.39, 0.29) is 5.91 Å². The molecule has 166 valence electrons. The minimum atomic E-state index is -0.0961. The Morgan fingerprint density at radius 1 is 0.875 bits per heavy atom. The topological polar surface area (TPSA) is 67.8 Å². The van der Waals surface area contributed by atoms with E-state index in [2.05, 4.69) is 15.1 Å².